The second kappa shape index (κ2) is 10.4. The Balaban J connectivity index is 1.94. The third-order valence-electron chi connectivity index (χ3n) is 6.27. The molecule has 4 aromatic rings. The van der Waals surface area contributed by atoms with Crippen LogP contribution in [-0.2, 0) is 4.74 Å². The van der Waals surface area contributed by atoms with Crippen LogP contribution in [0.3, 0.4) is 0 Å². The largest absolute Gasteiger partial charge is 0.477 e. The number of aromatic nitrogens is 3. The van der Waals surface area contributed by atoms with Crippen molar-refractivity contribution in [2.75, 3.05) is 51.2 Å². The molecule has 8 heteroatoms. The molecule has 0 spiro atoms. The minimum absolute atomic E-state index is 0.0148. The molecule has 0 aliphatic carbocycles. The van der Waals surface area contributed by atoms with Gasteiger partial charge in [0.15, 0.2) is 11.3 Å². The van der Waals surface area contributed by atoms with Gasteiger partial charge in [0.25, 0.3) is 0 Å². The van der Waals surface area contributed by atoms with Gasteiger partial charge < -0.3 is 19.6 Å². The highest BCUT2D eigenvalue weighted by Crippen LogP contribution is 2.36. The highest BCUT2D eigenvalue weighted by Gasteiger charge is 2.23. The van der Waals surface area contributed by atoms with Gasteiger partial charge in [0.1, 0.15) is 0 Å². The van der Waals surface area contributed by atoms with Gasteiger partial charge in [-0.2, -0.15) is 5.10 Å². The molecule has 0 bridgehead atoms. The number of nitrogens with zero attached hydrogens (tertiary/aromatic N) is 5. The number of methoxy groups -OCH3 is 1. The standard InChI is InChI=1S/C28H33N5O3/c1-18(2)26-25-23(19-10-12-20(13-11-19)32(5)14-15-36-6)17-24(28(34)35)29-27(25)33(30-26)22-9-7-8-21(16-22)31(3)4/h7-13,16-18H,14-15H2,1-6H3,(H,34,35). The number of benzene rings is 2. The number of anilines is 2. The van der Waals surface area contributed by atoms with Crippen LogP contribution in [0.4, 0.5) is 11.4 Å². The van der Waals surface area contributed by atoms with Crippen LogP contribution in [-0.4, -0.2) is 67.2 Å². The fourth-order valence-corrected chi connectivity index (χ4v) is 4.22. The highest BCUT2D eigenvalue weighted by molar-refractivity contribution is 6.00. The van der Waals surface area contributed by atoms with Crippen LogP contribution in [0.5, 0.6) is 0 Å². The van der Waals surface area contributed by atoms with Crippen molar-refractivity contribution in [1.29, 1.82) is 0 Å². The van der Waals surface area contributed by atoms with Gasteiger partial charge in [0.2, 0.25) is 0 Å². The van der Waals surface area contributed by atoms with Gasteiger partial charge in [-0.1, -0.05) is 32.0 Å². The summed E-state index contributed by atoms with van der Waals surface area (Å²) in [6.07, 6.45) is 0. The maximum atomic E-state index is 12.1. The van der Waals surface area contributed by atoms with Gasteiger partial charge in [-0.3, -0.25) is 0 Å². The molecule has 0 aliphatic rings. The number of carboxylic acids is 1. The Labute approximate surface area is 211 Å². The number of rotatable bonds is 9. The van der Waals surface area contributed by atoms with Crippen molar-refractivity contribution in [2.24, 2.45) is 0 Å². The first-order chi connectivity index (χ1) is 17.2. The normalized spacial score (nSPS) is 11.3. The average Bonchev–Trinajstić information content (AvgIpc) is 3.27. The van der Waals surface area contributed by atoms with E-state index in [1.165, 1.54) is 0 Å². The van der Waals surface area contributed by atoms with E-state index in [2.05, 4.69) is 23.7 Å². The summed E-state index contributed by atoms with van der Waals surface area (Å²) in [4.78, 5) is 20.8. The fraction of sp³-hybridized carbons (Fsp3) is 0.321. The van der Waals surface area contributed by atoms with Crippen molar-refractivity contribution >= 4 is 28.4 Å². The Kier molecular flexibility index (Phi) is 7.26. The summed E-state index contributed by atoms with van der Waals surface area (Å²) >= 11 is 0. The van der Waals surface area contributed by atoms with Crippen molar-refractivity contribution in [3.8, 4) is 16.8 Å². The minimum atomic E-state index is -1.07. The van der Waals surface area contributed by atoms with E-state index in [-0.39, 0.29) is 11.6 Å². The summed E-state index contributed by atoms with van der Waals surface area (Å²) in [6.45, 7) is 5.59. The zero-order valence-corrected chi connectivity index (χ0v) is 21.7. The van der Waals surface area contributed by atoms with E-state index >= 15 is 0 Å². The molecule has 0 atom stereocenters. The van der Waals surface area contributed by atoms with Crippen molar-refractivity contribution in [2.45, 2.75) is 19.8 Å². The predicted molar refractivity (Wildman–Crippen MR) is 145 cm³/mol. The maximum absolute atomic E-state index is 12.1. The molecule has 0 unspecified atom stereocenters. The summed E-state index contributed by atoms with van der Waals surface area (Å²) in [5.74, 6) is -0.962. The lowest BCUT2D eigenvalue weighted by Crippen LogP contribution is -2.21. The van der Waals surface area contributed by atoms with E-state index in [0.29, 0.717) is 12.3 Å². The summed E-state index contributed by atoms with van der Waals surface area (Å²) in [6, 6.07) is 17.7. The van der Waals surface area contributed by atoms with Crippen LogP contribution in [0, 0.1) is 0 Å². The van der Waals surface area contributed by atoms with Gasteiger partial charge >= 0.3 is 5.97 Å². The van der Waals surface area contributed by atoms with E-state index in [9.17, 15) is 9.90 Å². The number of hydrogen-bond acceptors (Lipinski definition) is 6. The van der Waals surface area contributed by atoms with Crippen LogP contribution >= 0.6 is 0 Å². The van der Waals surface area contributed by atoms with Gasteiger partial charge in [0.05, 0.1) is 23.4 Å². The third-order valence-corrected chi connectivity index (χ3v) is 6.27. The molecule has 1 N–H and O–H groups in total. The van der Waals surface area contributed by atoms with E-state index in [1.54, 1.807) is 17.9 Å². The molecule has 0 saturated carbocycles. The molecular weight excluding hydrogens is 454 g/mol. The molecule has 2 heterocycles. The quantitative estimate of drug-likeness (QED) is 0.353. The van der Waals surface area contributed by atoms with E-state index in [1.807, 2.05) is 74.6 Å². The molecule has 8 nitrogen and oxygen atoms in total. The Bertz CT molecular complexity index is 1380. The number of carbonyl (C=O) groups is 1. The van der Waals surface area contributed by atoms with Gasteiger partial charge in [-0.25, -0.2) is 14.5 Å². The average molecular weight is 488 g/mol. The van der Waals surface area contributed by atoms with Crippen LogP contribution in [0.25, 0.3) is 27.8 Å². The van der Waals surface area contributed by atoms with Crippen LogP contribution < -0.4 is 9.80 Å². The zero-order chi connectivity index (χ0) is 26.0. The smallest absolute Gasteiger partial charge is 0.354 e. The first-order valence-electron chi connectivity index (χ1n) is 12.0. The van der Waals surface area contributed by atoms with Crippen molar-refractivity contribution in [3.63, 3.8) is 0 Å². The predicted octanol–water partition coefficient (Wildman–Crippen LogP) is 5.06. The van der Waals surface area contributed by atoms with E-state index in [0.717, 1.165) is 45.8 Å². The number of hydrogen-bond donors (Lipinski definition) is 1. The molecule has 188 valence electrons. The third kappa shape index (κ3) is 4.90. The van der Waals surface area contributed by atoms with Crippen molar-refractivity contribution < 1.29 is 14.6 Å². The van der Waals surface area contributed by atoms with Crippen LogP contribution in [0.2, 0.25) is 0 Å². The molecule has 0 saturated heterocycles. The Morgan fingerprint density at radius 1 is 1.06 bits per heavy atom. The molecule has 0 aliphatic heterocycles. The minimum Gasteiger partial charge on any atom is -0.477 e. The van der Waals surface area contributed by atoms with Crippen molar-refractivity contribution in [1.82, 2.24) is 14.8 Å². The first kappa shape index (κ1) is 25.2. The summed E-state index contributed by atoms with van der Waals surface area (Å²) in [7, 11) is 7.67. The number of likely N-dealkylation sites (N-methyl/N-ethyl adjacent to an activating group) is 1. The lowest BCUT2D eigenvalue weighted by molar-refractivity contribution is 0.0691. The molecule has 0 radical (unpaired) electrons. The number of fused-ring (bicyclic) bond motifs is 1. The first-order valence-corrected chi connectivity index (χ1v) is 12.0. The number of ether oxygens (including phenoxy) is 1. The molecular formula is C28H33N5O3. The summed E-state index contributed by atoms with van der Waals surface area (Å²) < 4.78 is 6.95. The molecule has 0 fully saturated rings. The number of carboxylic acid groups (broad SMARTS) is 1. The van der Waals surface area contributed by atoms with Gasteiger partial charge in [0, 0.05) is 46.2 Å². The van der Waals surface area contributed by atoms with Crippen molar-refractivity contribution in [3.05, 3.63) is 66.0 Å². The Morgan fingerprint density at radius 3 is 2.39 bits per heavy atom. The number of aromatic carboxylic acids is 1. The zero-order valence-electron chi connectivity index (χ0n) is 21.7. The fourth-order valence-electron chi connectivity index (χ4n) is 4.22. The summed E-state index contributed by atoms with van der Waals surface area (Å²) in [5, 5.41) is 15.7. The topological polar surface area (TPSA) is 83.7 Å². The van der Waals surface area contributed by atoms with E-state index in [4.69, 9.17) is 9.84 Å². The van der Waals surface area contributed by atoms with Gasteiger partial charge in [-0.15, -0.1) is 0 Å². The maximum Gasteiger partial charge on any atom is 0.354 e. The second-order valence-electron chi connectivity index (χ2n) is 9.39. The molecule has 2 aromatic heterocycles. The number of pyridine rings is 1. The molecule has 0 amide bonds. The van der Waals surface area contributed by atoms with Crippen LogP contribution in [0.15, 0.2) is 54.6 Å². The Hall–Kier alpha value is -3.91. The van der Waals surface area contributed by atoms with Crippen LogP contribution in [0.1, 0.15) is 35.9 Å². The molecule has 2 aromatic carbocycles. The highest BCUT2D eigenvalue weighted by atomic mass is 16.5. The summed E-state index contributed by atoms with van der Waals surface area (Å²) in [5.41, 5.74) is 6.02. The monoisotopic (exact) mass is 487 g/mol. The SMILES string of the molecule is COCCN(C)c1ccc(-c2cc(C(=O)O)nc3c2c(C(C)C)nn3-c2cccc(N(C)C)c2)cc1. The second-order valence-corrected chi connectivity index (χ2v) is 9.39. The lowest BCUT2D eigenvalue weighted by atomic mass is 9.97. The van der Waals surface area contributed by atoms with Gasteiger partial charge in [-0.05, 0) is 53.4 Å². The van der Waals surface area contributed by atoms with E-state index < -0.39 is 5.97 Å². The molecule has 36 heavy (non-hydrogen) atoms. The molecule has 4 rings (SSSR count). The Morgan fingerprint density at radius 2 is 1.78 bits per heavy atom. The lowest BCUT2D eigenvalue weighted by Gasteiger charge is -2.19.